The normalized spacial score (nSPS) is 20.3. The number of aliphatic hydroxyl groups excluding tert-OH is 1. The third kappa shape index (κ3) is 6.62. The summed E-state index contributed by atoms with van der Waals surface area (Å²) in [5, 5.41) is 13.4. The highest BCUT2D eigenvalue weighted by molar-refractivity contribution is 7.99. The van der Waals surface area contributed by atoms with Gasteiger partial charge in [0.2, 0.25) is 0 Å². The number of para-hydroxylation sites is 2. The molecule has 2 aromatic heterocycles. The summed E-state index contributed by atoms with van der Waals surface area (Å²) >= 11 is 1.66. The molecule has 0 bridgehead atoms. The molecule has 1 fully saturated rings. The zero-order chi connectivity index (χ0) is 29.8. The molecule has 4 unspecified atom stereocenters. The van der Waals surface area contributed by atoms with E-state index in [-0.39, 0.29) is 36.3 Å². The summed E-state index contributed by atoms with van der Waals surface area (Å²) in [7, 11) is 1.98. The van der Waals surface area contributed by atoms with Gasteiger partial charge in [-0.3, -0.25) is 9.78 Å². The summed E-state index contributed by atoms with van der Waals surface area (Å²) < 4.78 is 15.1. The second kappa shape index (κ2) is 13.0. The van der Waals surface area contributed by atoms with Crippen LogP contribution in [0.25, 0.3) is 11.0 Å². The monoisotopic (exact) mass is 595 g/mol. The molecule has 6 rings (SSSR count). The van der Waals surface area contributed by atoms with Crippen molar-refractivity contribution in [2.45, 2.75) is 43.7 Å². The van der Waals surface area contributed by atoms with Crippen molar-refractivity contribution in [3.63, 3.8) is 0 Å². The first-order chi connectivity index (χ1) is 21.0. The lowest BCUT2D eigenvalue weighted by molar-refractivity contribution is -0.268. The fraction of sp³-hybridized carbons (Fsp3) is 0.273. The van der Waals surface area contributed by atoms with E-state index in [0.29, 0.717) is 12.1 Å². The Kier molecular flexibility index (Phi) is 8.80. The van der Waals surface area contributed by atoms with E-state index in [0.717, 1.165) is 38.7 Å². The topological polar surface area (TPSA) is 111 Å². The number of carbonyl (C=O) groups excluding carboxylic acids is 1. The van der Waals surface area contributed by atoms with Crippen molar-refractivity contribution < 1.29 is 19.4 Å². The predicted molar refractivity (Wildman–Crippen MR) is 164 cm³/mol. The fourth-order valence-electron chi connectivity index (χ4n) is 5.09. The van der Waals surface area contributed by atoms with Crippen LogP contribution in [-0.2, 0) is 29.7 Å². The molecule has 9 nitrogen and oxygen atoms in total. The number of benzene rings is 3. The molecular weight excluding hydrogens is 562 g/mol. The van der Waals surface area contributed by atoms with E-state index in [1.165, 1.54) is 6.20 Å². The Labute approximate surface area is 254 Å². The molecule has 0 aliphatic carbocycles. The number of imidazole rings is 1. The smallest absolute Gasteiger partial charge is 0.271 e. The minimum atomic E-state index is -0.567. The summed E-state index contributed by atoms with van der Waals surface area (Å²) in [5.74, 6) is 0.522. The number of thioether (sulfide) groups is 1. The Morgan fingerprint density at radius 2 is 1.67 bits per heavy atom. The zero-order valence-electron chi connectivity index (χ0n) is 24.0. The number of aromatic nitrogens is 4. The van der Waals surface area contributed by atoms with Gasteiger partial charge in [-0.2, -0.15) is 0 Å². The lowest BCUT2D eigenvalue weighted by Gasteiger charge is -2.41. The minimum Gasteiger partial charge on any atom is -0.392 e. The Balaban J connectivity index is 1.15. The van der Waals surface area contributed by atoms with Crippen LogP contribution in [0.15, 0.2) is 96.5 Å². The summed E-state index contributed by atoms with van der Waals surface area (Å²) in [6.07, 6.45) is 4.37. The van der Waals surface area contributed by atoms with Crippen molar-refractivity contribution in [2.75, 3.05) is 5.75 Å². The Hall–Kier alpha value is -4.09. The third-order valence-corrected chi connectivity index (χ3v) is 8.81. The largest absolute Gasteiger partial charge is 0.392 e. The molecule has 1 saturated heterocycles. The van der Waals surface area contributed by atoms with Gasteiger partial charge in [0.05, 0.1) is 36.0 Å². The van der Waals surface area contributed by atoms with Gasteiger partial charge < -0.3 is 24.5 Å². The molecular formula is C33H33N5O4S. The molecule has 0 spiro atoms. The number of amides is 1. The maximum absolute atomic E-state index is 12.7. The number of ether oxygens (including phenoxy) is 2. The highest BCUT2D eigenvalue weighted by Crippen LogP contribution is 2.42. The van der Waals surface area contributed by atoms with Gasteiger partial charge in [0.15, 0.2) is 11.4 Å². The van der Waals surface area contributed by atoms with Crippen molar-refractivity contribution in [3.8, 4) is 0 Å². The molecule has 1 aliphatic rings. The van der Waals surface area contributed by atoms with Crippen molar-refractivity contribution in [1.82, 2.24) is 24.8 Å². The average molecular weight is 596 g/mol. The predicted octanol–water partition coefficient (Wildman–Crippen LogP) is 5.37. The van der Waals surface area contributed by atoms with Gasteiger partial charge in [-0.1, -0.05) is 79.3 Å². The number of aliphatic hydroxyl groups is 1. The third-order valence-electron chi connectivity index (χ3n) is 7.66. The average Bonchev–Trinajstić information content (AvgIpc) is 3.47. The second-order valence-corrected chi connectivity index (χ2v) is 11.6. The number of hydrogen-bond donors (Lipinski definition) is 2. The second-order valence-electron chi connectivity index (χ2n) is 10.6. The molecule has 10 heteroatoms. The van der Waals surface area contributed by atoms with Gasteiger partial charge in [-0.25, -0.2) is 9.97 Å². The van der Waals surface area contributed by atoms with Gasteiger partial charge in [-0.15, -0.1) is 0 Å². The maximum atomic E-state index is 12.7. The van der Waals surface area contributed by atoms with Gasteiger partial charge in [-0.05, 0) is 28.8 Å². The van der Waals surface area contributed by atoms with Crippen molar-refractivity contribution in [2.24, 2.45) is 13.0 Å². The Bertz CT molecular complexity index is 1690. The van der Waals surface area contributed by atoms with E-state index < -0.39 is 6.29 Å². The number of carbonyl (C=O) groups is 1. The van der Waals surface area contributed by atoms with E-state index in [1.807, 2.05) is 90.6 Å². The van der Waals surface area contributed by atoms with Crippen LogP contribution in [0.4, 0.5) is 0 Å². The Morgan fingerprint density at radius 1 is 0.953 bits per heavy atom. The van der Waals surface area contributed by atoms with Crippen LogP contribution in [0.2, 0.25) is 0 Å². The first kappa shape index (κ1) is 29.0. The highest BCUT2D eigenvalue weighted by atomic mass is 32.2. The number of nitrogens with zero attached hydrogens (tertiary/aromatic N) is 4. The molecule has 2 N–H and O–H groups in total. The number of fused-ring (bicyclic) bond motifs is 1. The molecule has 1 aliphatic heterocycles. The van der Waals surface area contributed by atoms with Crippen LogP contribution in [0.5, 0.6) is 0 Å². The van der Waals surface area contributed by atoms with Crippen LogP contribution in [0, 0.1) is 5.92 Å². The van der Waals surface area contributed by atoms with Crippen LogP contribution >= 0.6 is 11.8 Å². The molecule has 43 heavy (non-hydrogen) atoms. The SMILES string of the molecule is CC1C(CSc2nccn2C)OC(c2ccc(CNC(=O)c3cnc4ccccc4n3)cc2)OC1c1ccc(CO)cc1. The summed E-state index contributed by atoms with van der Waals surface area (Å²) in [6.45, 7) is 2.49. The molecule has 3 aromatic carbocycles. The van der Waals surface area contributed by atoms with Crippen LogP contribution in [0.3, 0.4) is 0 Å². The lowest BCUT2D eigenvalue weighted by Crippen LogP contribution is -2.38. The van der Waals surface area contributed by atoms with Crippen molar-refractivity contribution in [3.05, 3.63) is 119 Å². The summed E-state index contributed by atoms with van der Waals surface area (Å²) in [4.78, 5) is 26.0. The molecule has 4 atom stereocenters. The summed E-state index contributed by atoms with van der Waals surface area (Å²) in [6, 6.07) is 23.3. The first-order valence-electron chi connectivity index (χ1n) is 14.2. The highest BCUT2D eigenvalue weighted by Gasteiger charge is 2.38. The number of hydrogen-bond acceptors (Lipinski definition) is 8. The standard InChI is InChI=1S/C33H33N5O4S/c1-21-29(20-43-33-34-15-16-38(33)2)41-32(42-30(21)24-11-9-23(19-39)10-12-24)25-13-7-22(8-14-25)17-36-31(40)28-18-35-26-5-3-4-6-27(26)37-28/h3-16,18,21,29-30,32,39H,17,19-20H2,1-2H3,(H,36,40). The molecule has 0 radical (unpaired) electrons. The Morgan fingerprint density at radius 3 is 2.40 bits per heavy atom. The maximum Gasteiger partial charge on any atom is 0.271 e. The molecule has 5 aromatic rings. The van der Waals surface area contributed by atoms with Gasteiger partial charge >= 0.3 is 0 Å². The van der Waals surface area contributed by atoms with E-state index in [9.17, 15) is 9.90 Å². The first-order valence-corrected chi connectivity index (χ1v) is 15.2. The number of nitrogens with one attached hydrogen (secondary N) is 1. The van der Waals surface area contributed by atoms with E-state index in [4.69, 9.17) is 9.47 Å². The van der Waals surface area contributed by atoms with Crippen LogP contribution in [-0.4, -0.2) is 42.4 Å². The summed E-state index contributed by atoms with van der Waals surface area (Å²) in [5.41, 5.74) is 5.44. The fourth-order valence-corrected chi connectivity index (χ4v) is 6.19. The molecule has 3 heterocycles. The van der Waals surface area contributed by atoms with Crippen molar-refractivity contribution in [1.29, 1.82) is 0 Å². The van der Waals surface area contributed by atoms with Gasteiger partial charge in [0.1, 0.15) is 5.69 Å². The van der Waals surface area contributed by atoms with E-state index in [2.05, 4.69) is 27.2 Å². The minimum absolute atomic E-state index is 0.00150. The van der Waals surface area contributed by atoms with E-state index >= 15 is 0 Å². The van der Waals surface area contributed by atoms with Gasteiger partial charge in [0, 0.05) is 43.2 Å². The van der Waals surface area contributed by atoms with Crippen molar-refractivity contribution >= 4 is 28.7 Å². The lowest BCUT2D eigenvalue weighted by atomic mass is 9.91. The number of rotatable bonds is 9. The van der Waals surface area contributed by atoms with Gasteiger partial charge in [0.25, 0.3) is 5.91 Å². The van der Waals surface area contributed by atoms with Crippen LogP contribution < -0.4 is 5.32 Å². The zero-order valence-corrected chi connectivity index (χ0v) is 24.8. The molecule has 1 amide bonds. The van der Waals surface area contributed by atoms with Crippen LogP contribution in [0.1, 0.15) is 52.1 Å². The molecule has 220 valence electrons. The number of aryl methyl sites for hydroxylation is 1. The quantitative estimate of drug-likeness (QED) is 0.219. The molecule has 0 saturated carbocycles. The van der Waals surface area contributed by atoms with E-state index in [1.54, 1.807) is 18.0 Å².